The summed E-state index contributed by atoms with van der Waals surface area (Å²) in [4.78, 5) is 27.9. The third kappa shape index (κ3) is 5.74. The number of aromatic nitrogens is 3. The summed E-state index contributed by atoms with van der Waals surface area (Å²) in [5.41, 5.74) is 6.41. The molecule has 198 valence electrons. The Kier molecular flexibility index (Phi) is 7.33. The number of alkyl halides is 3. The largest absolute Gasteiger partial charge is 0.490 e. The van der Waals surface area contributed by atoms with Gasteiger partial charge in [-0.3, -0.25) is 10.1 Å². The molecule has 1 aliphatic heterocycles. The molecule has 0 aliphatic carbocycles. The van der Waals surface area contributed by atoms with Gasteiger partial charge in [0.2, 0.25) is 0 Å². The van der Waals surface area contributed by atoms with Crippen LogP contribution in [0.3, 0.4) is 0 Å². The molecule has 8 nitrogen and oxygen atoms in total. The number of carboxylic acids is 1. The van der Waals surface area contributed by atoms with Gasteiger partial charge in [0.1, 0.15) is 11.5 Å². The Bertz CT molecular complexity index is 1480. The van der Waals surface area contributed by atoms with E-state index < -0.39 is 12.1 Å². The van der Waals surface area contributed by atoms with Crippen molar-refractivity contribution in [2.24, 2.45) is 0 Å². The first-order valence-corrected chi connectivity index (χ1v) is 11.5. The third-order valence-corrected chi connectivity index (χ3v) is 6.14. The van der Waals surface area contributed by atoms with Gasteiger partial charge >= 0.3 is 18.2 Å². The molecule has 2 aromatic heterocycles. The summed E-state index contributed by atoms with van der Waals surface area (Å²) in [5, 5.41) is 18.8. The number of halogens is 4. The maximum Gasteiger partial charge on any atom is 0.490 e. The molecule has 3 N–H and O–H groups in total. The predicted molar refractivity (Wildman–Crippen MR) is 132 cm³/mol. The van der Waals surface area contributed by atoms with Gasteiger partial charge in [0.05, 0.1) is 11.6 Å². The van der Waals surface area contributed by atoms with E-state index in [4.69, 9.17) is 9.90 Å². The molecule has 0 saturated carbocycles. The van der Waals surface area contributed by atoms with Crippen LogP contribution in [-0.2, 0) is 11.2 Å². The lowest BCUT2D eigenvalue weighted by molar-refractivity contribution is -0.192. The van der Waals surface area contributed by atoms with Crippen molar-refractivity contribution in [2.45, 2.75) is 32.5 Å². The van der Waals surface area contributed by atoms with Gasteiger partial charge < -0.3 is 15.3 Å². The SMILES string of the molecule is Cc1cc(-c2n[nH]c3cc4c(cc23)CCN(C(C)c2ccc(F)cc2)C(=O)N4)ccn1.O=C(O)C(F)(F)F. The van der Waals surface area contributed by atoms with Gasteiger partial charge in [-0.25, -0.2) is 14.0 Å². The Morgan fingerprint density at radius 2 is 1.82 bits per heavy atom. The van der Waals surface area contributed by atoms with Crippen LogP contribution in [0.15, 0.2) is 54.7 Å². The van der Waals surface area contributed by atoms with E-state index in [2.05, 4.69) is 26.6 Å². The number of nitrogens with zero attached hydrogens (tertiary/aromatic N) is 3. The highest BCUT2D eigenvalue weighted by atomic mass is 19.4. The van der Waals surface area contributed by atoms with Crippen molar-refractivity contribution in [1.82, 2.24) is 20.1 Å². The Labute approximate surface area is 214 Å². The van der Waals surface area contributed by atoms with Crippen LogP contribution in [0.1, 0.15) is 29.8 Å². The maximum atomic E-state index is 13.3. The van der Waals surface area contributed by atoms with Gasteiger partial charge in [-0.15, -0.1) is 0 Å². The first kappa shape index (κ1) is 26.6. The summed E-state index contributed by atoms with van der Waals surface area (Å²) in [6.07, 6.45) is -2.60. The number of rotatable bonds is 3. The summed E-state index contributed by atoms with van der Waals surface area (Å²) in [6, 6.07) is 14.0. The summed E-state index contributed by atoms with van der Waals surface area (Å²) in [6.45, 7) is 4.47. The minimum Gasteiger partial charge on any atom is -0.475 e. The number of benzene rings is 2. The summed E-state index contributed by atoms with van der Waals surface area (Å²) < 4.78 is 45.0. The second-order valence-electron chi connectivity index (χ2n) is 8.72. The van der Waals surface area contributed by atoms with E-state index >= 15 is 0 Å². The number of carbonyl (C=O) groups is 2. The highest BCUT2D eigenvalue weighted by Crippen LogP contribution is 2.33. The van der Waals surface area contributed by atoms with Crippen molar-refractivity contribution in [1.29, 1.82) is 0 Å². The predicted octanol–water partition coefficient (Wildman–Crippen LogP) is 5.86. The Balaban J connectivity index is 0.000000426. The minimum absolute atomic E-state index is 0.167. The van der Waals surface area contributed by atoms with E-state index in [0.717, 1.165) is 44.7 Å². The molecule has 0 bridgehead atoms. The van der Waals surface area contributed by atoms with Crippen LogP contribution in [-0.4, -0.2) is 49.9 Å². The molecule has 12 heteroatoms. The molecule has 4 aromatic rings. The topological polar surface area (TPSA) is 111 Å². The lowest BCUT2D eigenvalue weighted by atomic mass is 10.0. The molecule has 0 radical (unpaired) electrons. The number of aryl methyl sites for hydroxylation is 1. The second-order valence-corrected chi connectivity index (χ2v) is 8.72. The number of amides is 2. The van der Waals surface area contributed by atoms with E-state index in [9.17, 15) is 22.4 Å². The molecular weight excluding hydrogens is 506 g/mol. The second kappa shape index (κ2) is 10.5. The van der Waals surface area contributed by atoms with E-state index in [0.29, 0.717) is 13.0 Å². The number of carbonyl (C=O) groups excluding carboxylic acids is 1. The van der Waals surface area contributed by atoms with E-state index in [1.54, 1.807) is 23.2 Å². The van der Waals surface area contributed by atoms with Crippen molar-refractivity contribution in [3.63, 3.8) is 0 Å². The monoisotopic (exact) mass is 529 g/mol. The number of aliphatic carboxylic acids is 1. The Morgan fingerprint density at radius 3 is 2.45 bits per heavy atom. The number of pyridine rings is 1. The third-order valence-electron chi connectivity index (χ3n) is 6.14. The molecule has 1 aliphatic rings. The lowest BCUT2D eigenvalue weighted by Gasteiger charge is -2.28. The van der Waals surface area contributed by atoms with Crippen molar-refractivity contribution in [2.75, 3.05) is 11.9 Å². The maximum absolute atomic E-state index is 13.3. The first-order valence-electron chi connectivity index (χ1n) is 11.5. The number of carboxylic acid groups (broad SMARTS) is 1. The number of H-pyrrole nitrogens is 1. The molecule has 3 heterocycles. The van der Waals surface area contributed by atoms with Crippen molar-refractivity contribution >= 4 is 28.6 Å². The molecule has 38 heavy (non-hydrogen) atoms. The fourth-order valence-corrected chi connectivity index (χ4v) is 4.17. The number of hydrogen-bond donors (Lipinski definition) is 3. The standard InChI is InChI=1S/C24H22FN5O.C2HF3O2/c1-14-11-18(7-9-26-14)23-20-12-17-8-10-30(15(2)16-3-5-19(25)6-4-16)24(31)27-21(17)13-22(20)28-29-23;3-2(4,5)1(6)7/h3-7,9,11-13,15H,8,10H2,1-2H3,(H,27,31)(H,28,29);(H,6,7). The highest BCUT2D eigenvalue weighted by Gasteiger charge is 2.38. The van der Waals surface area contributed by atoms with Crippen molar-refractivity contribution in [3.05, 3.63) is 77.4 Å². The quantitative estimate of drug-likeness (QED) is 0.288. The summed E-state index contributed by atoms with van der Waals surface area (Å²) >= 11 is 0. The zero-order valence-corrected chi connectivity index (χ0v) is 20.3. The van der Waals surface area contributed by atoms with E-state index in [1.165, 1.54) is 12.1 Å². The average molecular weight is 529 g/mol. The number of hydrogen-bond acceptors (Lipinski definition) is 4. The molecule has 1 unspecified atom stereocenters. The van der Waals surface area contributed by atoms with Crippen molar-refractivity contribution < 1.29 is 32.3 Å². The Hall–Kier alpha value is -4.48. The van der Waals surface area contributed by atoms with E-state index in [1.807, 2.05) is 32.0 Å². The molecule has 1 atom stereocenters. The van der Waals surface area contributed by atoms with Crippen LogP contribution < -0.4 is 5.32 Å². The van der Waals surface area contributed by atoms with Gasteiger partial charge in [-0.2, -0.15) is 18.3 Å². The lowest BCUT2D eigenvalue weighted by Crippen LogP contribution is -2.36. The first-order chi connectivity index (χ1) is 17.9. The van der Waals surface area contributed by atoms with Crippen molar-refractivity contribution in [3.8, 4) is 11.3 Å². The summed E-state index contributed by atoms with van der Waals surface area (Å²) in [5.74, 6) is -3.04. The van der Waals surface area contributed by atoms with Gasteiger partial charge in [0, 0.05) is 35.1 Å². The number of nitrogens with one attached hydrogen (secondary N) is 2. The number of anilines is 1. The number of aromatic amines is 1. The van der Waals surface area contributed by atoms with Gasteiger partial charge in [0.25, 0.3) is 0 Å². The molecular formula is C26H23F4N5O3. The molecule has 0 fully saturated rings. The van der Waals surface area contributed by atoms with Gasteiger partial charge in [-0.05, 0) is 67.8 Å². The zero-order chi connectivity index (χ0) is 27.6. The summed E-state index contributed by atoms with van der Waals surface area (Å²) in [7, 11) is 0. The van der Waals surface area contributed by atoms with Gasteiger partial charge in [-0.1, -0.05) is 12.1 Å². The smallest absolute Gasteiger partial charge is 0.475 e. The molecule has 2 aromatic carbocycles. The number of fused-ring (bicyclic) bond motifs is 2. The Morgan fingerprint density at radius 1 is 1.13 bits per heavy atom. The highest BCUT2D eigenvalue weighted by molar-refractivity contribution is 5.99. The fraction of sp³-hybridized carbons (Fsp3) is 0.231. The molecule has 0 spiro atoms. The zero-order valence-electron chi connectivity index (χ0n) is 20.3. The van der Waals surface area contributed by atoms with Crippen LogP contribution in [0.4, 0.5) is 28.0 Å². The van der Waals surface area contributed by atoms with Crippen LogP contribution in [0.2, 0.25) is 0 Å². The van der Waals surface area contributed by atoms with Crippen LogP contribution in [0.5, 0.6) is 0 Å². The number of urea groups is 1. The average Bonchev–Trinajstić information content (AvgIpc) is 3.19. The van der Waals surface area contributed by atoms with Crippen LogP contribution in [0.25, 0.3) is 22.2 Å². The molecule has 2 amide bonds. The van der Waals surface area contributed by atoms with Gasteiger partial charge in [0.15, 0.2) is 0 Å². The molecule has 0 saturated heterocycles. The van der Waals surface area contributed by atoms with Crippen LogP contribution in [0, 0.1) is 12.7 Å². The normalized spacial score (nSPS) is 14.2. The van der Waals surface area contributed by atoms with E-state index in [-0.39, 0.29) is 17.9 Å². The minimum atomic E-state index is -5.08. The fourth-order valence-electron chi connectivity index (χ4n) is 4.17. The van der Waals surface area contributed by atoms with Crippen LogP contribution >= 0.6 is 0 Å². The molecule has 5 rings (SSSR count).